The van der Waals surface area contributed by atoms with Crippen molar-refractivity contribution in [2.24, 2.45) is 0 Å². The molecule has 0 aliphatic heterocycles. The summed E-state index contributed by atoms with van der Waals surface area (Å²) in [6.07, 6.45) is 4.02. The average molecular weight is 723 g/mol. The molecular weight excluding hydrogens is 665 g/mol. The number of rotatable bonds is 6. The lowest BCUT2D eigenvalue weighted by molar-refractivity contribution is 0.445. The van der Waals surface area contributed by atoms with Crippen molar-refractivity contribution in [1.82, 2.24) is 19.5 Å². The first-order valence-electron chi connectivity index (χ1n) is 19.0. The predicted molar refractivity (Wildman–Crippen MR) is 228 cm³/mol. The van der Waals surface area contributed by atoms with Gasteiger partial charge in [-0.15, -0.1) is 0 Å². The zero-order chi connectivity index (χ0) is 38.8. The van der Waals surface area contributed by atoms with Gasteiger partial charge in [-0.1, -0.05) is 124 Å². The van der Waals surface area contributed by atoms with E-state index in [4.69, 9.17) is 15.0 Å². The maximum Gasteiger partial charge on any atom is 0.161 e. The first-order chi connectivity index (χ1) is 24.6. The van der Waals surface area contributed by atoms with E-state index in [9.17, 15) is 5.11 Å². The van der Waals surface area contributed by atoms with Gasteiger partial charge in [0.05, 0.1) is 19.3 Å². The van der Waals surface area contributed by atoms with Crippen LogP contribution in [0.5, 0.6) is 5.75 Å². The summed E-state index contributed by atoms with van der Waals surface area (Å²) in [6, 6.07) is 26.3. The number of phenolic OH excluding ortho intramolecular Hbond substituents is 1. The van der Waals surface area contributed by atoms with E-state index in [0.29, 0.717) is 0 Å². The predicted octanol–water partition coefficient (Wildman–Crippen LogP) is 12.2. The zero-order valence-electron chi connectivity index (χ0n) is 34.4. The number of aromatic hydroxyl groups is 1. The lowest BCUT2D eigenvalue weighted by Crippen LogP contribution is -2.39. The summed E-state index contributed by atoms with van der Waals surface area (Å²) in [5, 5.41) is 13.3. The molecule has 0 unspecified atom stereocenters. The van der Waals surface area contributed by atoms with Crippen LogP contribution >= 0.6 is 0 Å². The largest absolute Gasteiger partial charge is 0.507 e. The van der Waals surface area contributed by atoms with Gasteiger partial charge in [0.25, 0.3) is 0 Å². The van der Waals surface area contributed by atoms with Crippen LogP contribution < -0.4 is 5.19 Å². The minimum atomic E-state index is -1.69. The highest BCUT2D eigenvalue weighted by molar-refractivity contribution is 6.89. The van der Waals surface area contributed by atoms with Crippen LogP contribution in [0.15, 0.2) is 85.2 Å². The van der Waals surface area contributed by atoms with Crippen molar-refractivity contribution < 1.29 is 5.11 Å². The van der Waals surface area contributed by atoms with E-state index in [0.717, 1.165) is 56.1 Å². The highest BCUT2D eigenvalue weighted by Gasteiger charge is 2.29. The number of pyridine rings is 2. The summed E-state index contributed by atoms with van der Waals surface area (Å²) in [5.74, 6) is 1.01. The fourth-order valence-electron chi connectivity index (χ4n) is 7.14. The molecule has 1 N–H and O–H groups in total. The van der Waals surface area contributed by atoms with Crippen molar-refractivity contribution in [2.75, 3.05) is 0 Å². The molecule has 5 nitrogen and oxygen atoms in total. The van der Waals surface area contributed by atoms with Gasteiger partial charge in [0.1, 0.15) is 17.1 Å². The molecule has 0 atom stereocenters. The van der Waals surface area contributed by atoms with Crippen molar-refractivity contribution in [3.05, 3.63) is 102 Å². The van der Waals surface area contributed by atoms with Crippen LogP contribution in [0.25, 0.3) is 56.1 Å². The summed E-state index contributed by atoms with van der Waals surface area (Å²) in [5.41, 5.74) is 11.8. The van der Waals surface area contributed by atoms with Gasteiger partial charge in [0, 0.05) is 35.1 Å². The van der Waals surface area contributed by atoms with E-state index in [1.54, 1.807) is 0 Å². The van der Waals surface area contributed by atoms with Gasteiger partial charge in [0.2, 0.25) is 0 Å². The Balaban J connectivity index is 1.63. The molecule has 6 heteroatoms. The second-order valence-corrected chi connectivity index (χ2v) is 24.2. The van der Waals surface area contributed by atoms with Crippen LogP contribution in [-0.2, 0) is 16.2 Å². The first kappa shape index (κ1) is 38.2. The molecule has 6 rings (SSSR count). The summed E-state index contributed by atoms with van der Waals surface area (Å²) in [6.45, 7) is 31.4. The van der Waals surface area contributed by atoms with Crippen molar-refractivity contribution in [1.29, 1.82) is 0 Å². The molecule has 0 spiro atoms. The van der Waals surface area contributed by atoms with Crippen molar-refractivity contribution >= 4 is 24.4 Å². The Morgan fingerprint density at radius 2 is 1.26 bits per heavy atom. The SMILES string of the molecule is CC(C)n1c(-c2cc(C(C)(C)C)cc(C(C)(C)C)c2O)nc2c(-c3cc(-c4cc(-c5ccccc5)c([Si](C)(C)C)cn4)cc(C(C)(C)C)c3)ccnc21. The number of hydrogen-bond acceptors (Lipinski definition) is 4. The minimum absolute atomic E-state index is 0.0514. The van der Waals surface area contributed by atoms with Crippen LogP contribution in [-0.4, -0.2) is 32.7 Å². The normalized spacial score (nSPS) is 13.0. The molecule has 0 aliphatic carbocycles. The molecule has 3 aromatic carbocycles. The molecule has 0 aliphatic rings. The number of phenols is 1. The Morgan fingerprint density at radius 1 is 0.642 bits per heavy atom. The monoisotopic (exact) mass is 722 g/mol. The Morgan fingerprint density at radius 3 is 1.85 bits per heavy atom. The van der Waals surface area contributed by atoms with Gasteiger partial charge in [0.15, 0.2) is 5.65 Å². The van der Waals surface area contributed by atoms with E-state index in [1.807, 2.05) is 6.20 Å². The molecule has 0 saturated carbocycles. The topological polar surface area (TPSA) is 63.8 Å². The number of imidazole rings is 1. The summed E-state index contributed by atoms with van der Waals surface area (Å²) in [4.78, 5) is 15.5. The average Bonchev–Trinajstić information content (AvgIpc) is 3.46. The fourth-order valence-corrected chi connectivity index (χ4v) is 8.62. The minimum Gasteiger partial charge on any atom is -0.507 e. The van der Waals surface area contributed by atoms with E-state index in [2.05, 4.69) is 179 Å². The van der Waals surface area contributed by atoms with Crippen LogP contribution in [0.2, 0.25) is 19.6 Å². The van der Waals surface area contributed by atoms with Gasteiger partial charge in [-0.05, 0) is 93.4 Å². The van der Waals surface area contributed by atoms with Gasteiger partial charge in [-0.25, -0.2) is 9.97 Å². The van der Waals surface area contributed by atoms with E-state index in [-0.39, 0.29) is 28.0 Å². The second-order valence-electron chi connectivity index (χ2n) is 19.1. The second kappa shape index (κ2) is 13.4. The van der Waals surface area contributed by atoms with Crippen LogP contribution in [0.1, 0.15) is 98.9 Å². The lowest BCUT2D eigenvalue weighted by Gasteiger charge is -2.27. The van der Waals surface area contributed by atoms with Crippen molar-refractivity contribution in [2.45, 2.75) is 118 Å². The summed E-state index contributed by atoms with van der Waals surface area (Å²) >= 11 is 0. The van der Waals surface area contributed by atoms with Gasteiger partial charge in [-0.2, -0.15) is 0 Å². The van der Waals surface area contributed by atoms with Crippen molar-refractivity contribution in [3.8, 4) is 50.6 Å². The molecule has 0 saturated heterocycles. The highest BCUT2D eigenvalue weighted by atomic mass is 28.3. The van der Waals surface area contributed by atoms with Crippen LogP contribution in [0, 0.1) is 0 Å². The van der Waals surface area contributed by atoms with Gasteiger partial charge < -0.3 is 9.67 Å². The molecule has 0 bridgehead atoms. The Kier molecular flexibility index (Phi) is 9.64. The third-order valence-corrected chi connectivity index (χ3v) is 12.3. The van der Waals surface area contributed by atoms with Gasteiger partial charge >= 0.3 is 0 Å². The van der Waals surface area contributed by atoms with E-state index in [1.165, 1.54) is 21.9 Å². The molecule has 6 aromatic rings. The third-order valence-electron chi connectivity index (χ3n) is 10.3. The number of fused-ring (bicyclic) bond motifs is 1. The van der Waals surface area contributed by atoms with Gasteiger partial charge in [-0.3, -0.25) is 4.98 Å². The molecule has 53 heavy (non-hydrogen) atoms. The van der Waals surface area contributed by atoms with E-state index < -0.39 is 8.07 Å². The van der Waals surface area contributed by atoms with Crippen LogP contribution in [0.3, 0.4) is 0 Å². The smallest absolute Gasteiger partial charge is 0.161 e. The quantitative estimate of drug-likeness (QED) is 0.174. The molecule has 0 fully saturated rings. The molecule has 0 amide bonds. The Bertz CT molecular complexity index is 2310. The molecule has 276 valence electrons. The molecule has 3 aromatic heterocycles. The zero-order valence-corrected chi connectivity index (χ0v) is 35.4. The standard InChI is InChI=1S/C47H58N4OSi/c1-29(2)51-43(37-25-34(46(6,7)8)26-38(42(37)52)47(9,10)11)50-41-35(20-21-48-44(41)51)31-22-32(24-33(23-31)45(3,4)5)39-27-36(30-18-16-15-17-19-30)40(28-49-39)53(12,13)14/h15-29,52H,1-14H3. The van der Waals surface area contributed by atoms with Crippen molar-refractivity contribution in [3.63, 3.8) is 0 Å². The maximum absolute atomic E-state index is 12.0. The Hall–Kier alpha value is -4.55. The first-order valence-corrected chi connectivity index (χ1v) is 22.5. The highest BCUT2D eigenvalue weighted by Crippen LogP contribution is 2.44. The fraction of sp³-hybridized carbons (Fsp3) is 0.383. The van der Waals surface area contributed by atoms with E-state index >= 15 is 0 Å². The molecular formula is C47H58N4OSi. The molecule has 3 heterocycles. The maximum atomic E-state index is 12.0. The number of hydrogen-bond donors (Lipinski definition) is 1. The third kappa shape index (κ3) is 7.48. The molecule has 0 radical (unpaired) electrons. The Labute approximate surface area is 318 Å². The summed E-state index contributed by atoms with van der Waals surface area (Å²) < 4.78 is 2.18. The summed E-state index contributed by atoms with van der Waals surface area (Å²) in [7, 11) is -1.69. The van der Waals surface area contributed by atoms with Crippen LogP contribution in [0.4, 0.5) is 0 Å². The lowest BCUT2D eigenvalue weighted by atomic mass is 9.79. The number of aromatic nitrogens is 4. The number of nitrogens with zero attached hydrogens (tertiary/aromatic N) is 4. The number of benzene rings is 3.